The van der Waals surface area contributed by atoms with Crippen molar-refractivity contribution in [1.82, 2.24) is 15.7 Å². The highest BCUT2D eigenvalue weighted by Crippen LogP contribution is 1.92. The molecule has 0 spiro atoms. The second-order valence-electron chi connectivity index (χ2n) is 2.47. The molecule has 0 aliphatic carbocycles. The fraction of sp³-hybridized carbons (Fsp3) is 0.286. The Hall–Kier alpha value is -1.89. The second kappa shape index (κ2) is 4.97. The molecule has 0 aliphatic heterocycles. The third kappa shape index (κ3) is 3.68. The monoisotopic (exact) mass is 199 g/mol. The number of hydrogen-bond donors (Lipinski definition) is 3. The summed E-state index contributed by atoms with van der Waals surface area (Å²) < 4.78 is 0. The van der Waals surface area contributed by atoms with Crippen LogP contribution in [0.25, 0.3) is 0 Å². The molecular weight excluding hydrogens is 190 g/mol. The zero-order valence-electron chi connectivity index (χ0n) is 7.19. The maximum Gasteiger partial charge on any atom is 0.332 e. The van der Waals surface area contributed by atoms with Crippen LogP contribution in [-0.4, -0.2) is 33.8 Å². The van der Waals surface area contributed by atoms with Gasteiger partial charge in [-0.15, -0.1) is 0 Å². The number of aromatic nitrogens is 2. The molecule has 0 saturated carbocycles. The number of carboxylic acids is 1. The maximum atomic E-state index is 11.0. The van der Waals surface area contributed by atoms with Gasteiger partial charge in [-0.1, -0.05) is 0 Å². The van der Waals surface area contributed by atoms with Crippen LogP contribution in [0.2, 0.25) is 0 Å². The summed E-state index contributed by atoms with van der Waals surface area (Å²) in [7, 11) is 0. The van der Waals surface area contributed by atoms with E-state index in [1.807, 2.05) is 5.48 Å². The number of aromatic amines is 1. The quantitative estimate of drug-likeness (QED) is 0.532. The molecule has 0 aliphatic rings. The highest BCUT2D eigenvalue weighted by Gasteiger charge is 2.04. The van der Waals surface area contributed by atoms with Crippen LogP contribution >= 0.6 is 0 Å². The summed E-state index contributed by atoms with van der Waals surface area (Å²) in [4.78, 5) is 25.4. The summed E-state index contributed by atoms with van der Waals surface area (Å²) in [6, 6.07) is 1.64. The molecule has 0 unspecified atom stereocenters. The van der Waals surface area contributed by atoms with Crippen LogP contribution in [0, 0.1) is 0 Å². The fourth-order valence-corrected chi connectivity index (χ4v) is 0.771. The van der Waals surface area contributed by atoms with Gasteiger partial charge in [0.1, 0.15) is 0 Å². The highest BCUT2D eigenvalue weighted by atomic mass is 16.7. The van der Waals surface area contributed by atoms with Crippen LogP contribution in [0.5, 0.6) is 0 Å². The minimum absolute atomic E-state index is 0.0691. The number of H-pyrrole nitrogens is 1. The average molecular weight is 199 g/mol. The SMILES string of the molecule is O=C(O)CONC(=O)Cc1ccn[nH]1. The molecule has 1 aromatic heterocycles. The fourth-order valence-electron chi connectivity index (χ4n) is 0.771. The molecule has 0 atom stereocenters. The zero-order valence-corrected chi connectivity index (χ0v) is 7.19. The Kier molecular flexibility index (Phi) is 3.62. The van der Waals surface area contributed by atoms with Crippen molar-refractivity contribution in [3.8, 4) is 0 Å². The average Bonchev–Trinajstić information content (AvgIpc) is 2.56. The smallest absolute Gasteiger partial charge is 0.332 e. The number of carboxylic acid groups (broad SMARTS) is 1. The van der Waals surface area contributed by atoms with E-state index in [4.69, 9.17) is 5.11 Å². The number of amides is 1. The number of nitrogens with one attached hydrogen (secondary N) is 2. The topological polar surface area (TPSA) is 104 Å². The van der Waals surface area contributed by atoms with Gasteiger partial charge in [0.15, 0.2) is 6.61 Å². The van der Waals surface area contributed by atoms with Crippen LogP contribution in [0.1, 0.15) is 5.69 Å². The molecule has 7 heteroatoms. The van der Waals surface area contributed by atoms with Crippen LogP contribution in [-0.2, 0) is 20.8 Å². The molecule has 0 aromatic carbocycles. The Morgan fingerprint density at radius 2 is 2.43 bits per heavy atom. The maximum absolute atomic E-state index is 11.0. The van der Waals surface area contributed by atoms with Gasteiger partial charge in [-0.25, -0.2) is 10.3 Å². The van der Waals surface area contributed by atoms with Gasteiger partial charge in [-0.3, -0.25) is 14.7 Å². The Bertz CT molecular complexity index is 309. The highest BCUT2D eigenvalue weighted by molar-refractivity contribution is 5.77. The number of carbonyl (C=O) groups excluding carboxylic acids is 1. The normalized spacial score (nSPS) is 9.71. The Morgan fingerprint density at radius 3 is 3.00 bits per heavy atom. The Balaban J connectivity index is 2.20. The molecule has 14 heavy (non-hydrogen) atoms. The molecule has 0 fully saturated rings. The van der Waals surface area contributed by atoms with Gasteiger partial charge in [0.05, 0.1) is 6.42 Å². The lowest BCUT2D eigenvalue weighted by Gasteiger charge is -2.01. The minimum Gasteiger partial charge on any atom is -0.479 e. The Labute approximate surface area is 79.0 Å². The number of aliphatic carboxylic acids is 1. The first-order chi connectivity index (χ1) is 6.68. The van der Waals surface area contributed by atoms with E-state index in [9.17, 15) is 9.59 Å². The van der Waals surface area contributed by atoms with Crippen molar-refractivity contribution in [3.05, 3.63) is 18.0 Å². The molecule has 3 N–H and O–H groups in total. The lowest BCUT2D eigenvalue weighted by molar-refractivity contribution is -0.149. The summed E-state index contributed by atoms with van der Waals surface area (Å²) in [5.41, 5.74) is 2.61. The molecule has 1 rings (SSSR count). The van der Waals surface area contributed by atoms with Crippen molar-refractivity contribution in [3.63, 3.8) is 0 Å². The lowest BCUT2D eigenvalue weighted by atomic mass is 10.3. The number of carbonyl (C=O) groups is 2. The van der Waals surface area contributed by atoms with Crippen molar-refractivity contribution in [2.24, 2.45) is 0 Å². The number of hydrogen-bond acceptors (Lipinski definition) is 4. The van der Waals surface area contributed by atoms with E-state index in [2.05, 4.69) is 15.0 Å². The molecule has 1 heterocycles. The van der Waals surface area contributed by atoms with E-state index < -0.39 is 18.5 Å². The third-order valence-electron chi connectivity index (χ3n) is 1.29. The van der Waals surface area contributed by atoms with Gasteiger partial charge in [-0.05, 0) is 6.07 Å². The lowest BCUT2D eigenvalue weighted by Crippen LogP contribution is -2.28. The zero-order chi connectivity index (χ0) is 10.4. The summed E-state index contributed by atoms with van der Waals surface area (Å²) in [6.45, 7) is -0.561. The second-order valence-corrected chi connectivity index (χ2v) is 2.47. The third-order valence-corrected chi connectivity index (χ3v) is 1.29. The largest absolute Gasteiger partial charge is 0.479 e. The van der Waals surface area contributed by atoms with Crippen LogP contribution < -0.4 is 5.48 Å². The van der Waals surface area contributed by atoms with E-state index in [0.717, 1.165) is 0 Å². The number of nitrogens with zero attached hydrogens (tertiary/aromatic N) is 1. The van der Waals surface area contributed by atoms with E-state index in [1.165, 1.54) is 6.20 Å². The Morgan fingerprint density at radius 1 is 1.64 bits per heavy atom. The van der Waals surface area contributed by atoms with E-state index >= 15 is 0 Å². The number of rotatable bonds is 5. The molecule has 1 aromatic rings. The summed E-state index contributed by atoms with van der Waals surface area (Å²) >= 11 is 0. The van der Waals surface area contributed by atoms with Gasteiger partial charge in [0.25, 0.3) is 0 Å². The predicted octanol–water partition coefficient (Wildman–Crippen LogP) is -0.915. The standard InChI is InChI=1S/C7H9N3O4/c11-6(10-14-4-7(12)13)3-5-1-2-8-9-5/h1-2H,3-4H2,(H,8,9)(H,10,11)(H,12,13). The van der Waals surface area contributed by atoms with Crippen molar-refractivity contribution >= 4 is 11.9 Å². The van der Waals surface area contributed by atoms with Gasteiger partial charge in [0.2, 0.25) is 5.91 Å². The van der Waals surface area contributed by atoms with E-state index in [-0.39, 0.29) is 6.42 Å². The molecular formula is C7H9N3O4. The molecule has 1 amide bonds. The van der Waals surface area contributed by atoms with Crippen LogP contribution in [0.4, 0.5) is 0 Å². The predicted molar refractivity (Wildman–Crippen MR) is 44.0 cm³/mol. The van der Waals surface area contributed by atoms with Crippen LogP contribution in [0.15, 0.2) is 12.3 Å². The van der Waals surface area contributed by atoms with Gasteiger partial charge in [-0.2, -0.15) is 5.10 Å². The van der Waals surface area contributed by atoms with Gasteiger partial charge < -0.3 is 5.11 Å². The van der Waals surface area contributed by atoms with Crippen molar-refractivity contribution in [1.29, 1.82) is 0 Å². The molecule has 76 valence electrons. The van der Waals surface area contributed by atoms with Crippen LogP contribution in [0.3, 0.4) is 0 Å². The summed E-state index contributed by atoms with van der Waals surface area (Å²) in [5.74, 6) is -1.58. The molecule has 0 saturated heterocycles. The number of hydroxylamine groups is 1. The van der Waals surface area contributed by atoms with E-state index in [0.29, 0.717) is 5.69 Å². The minimum atomic E-state index is -1.15. The summed E-state index contributed by atoms with van der Waals surface area (Å²) in [5, 5.41) is 14.4. The first kappa shape index (κ1) is 10.2. The van der Waals surface area contributed by atoms with Gasteiger partial charge in [0, 0.05) is 11.9 Å². The first-order valence-electron chi connectivity index (χ1n) is 3.79. The summed E-state index contributed by atoms with van der Waals surface area (Å²) in [6.07, 6.45) is 1.58. The van der Waals surface area contributed by atoms with Crippen molar-refractivity contribution in [2.45, 2.75) is 6.42 Å². The molecule has 0 bridgehead atoms. The molecule has 7 nitrogen and oxygen atoms in total. The van der Waals surface area contributed by atoms with Crippen molar-refractivity contribution < 1.29 is 19.5 Å². The van der Waals surface area contributed by atoms with E-state index in [1.54, 1.807) is 6.07 Å². The first-order valence-corrected chi connectivity index (χ1v) is 3.79. The molecule has 0 radical (unpaired) electrons. The van der Waals surface area contributed by atoms with Gasteiger partial charge >= 0.3 is 5.97 Å². The van der Waals surface area contributed by atoms with Crippen molar-refractivity contribution in [2.75, 3.05) is 6.61 Å².